The fourth-order valence-corrected chi connectivity index (χ4v) is 2.37. The topological polar surface area (TPSA) is 20.2 Å². The molecule has 18 heavy (non-hydrogen) atoms. The monoisotopic (exact) mass is 324 g/mol. The molecule has 94 valence electrons. The van der Waals surface area contributed by atoms with E-state index in [1.165, 1.54) is 5.56 Å². The van der Waals surface area contributed by atoms with Crippen LogP contribution in [0.15, 0.2) is 46.9 Å². The molecule has 0 amide bonds. The lowest BCUT2D eigenvalue weighted by atomic mass is 9.99. The van der Waals surface area contributed by atoms with Crippen LogP contribution in [0.1, 0.15) is 29.7 Å². The van der Waals surface area contributed by atoms with E-state index in [1.807, 2.05) is 30.3 Å². The zero-order valence-electron chi connectivity index (χ0n) is 10.0. The first-order valence-electron chi connectivity index (χ1n) is 5.83. The van der Waals surface area contributed by atoms with Crippen LogP contribution in [0.5, 0.6) is 0 Å². The summed E-state index contributed by atoms with van der Waals surface area (Å²) in [5, 5.41) is 11.0. The van der Waals surface area contributed by atoms with E-state index in [0.29, 0.717) is 5.02 Å². The van der Waals surface area contributed by atoms with Crippen LogP contribution in [0.4, 0.5) is 0 Å². The Morgan fingerprint density at radius 2 is 1.89 bits per heavy atom. The fourth-order valence-electron chi connectivity index (χ4n) is 1.86. The largest absolute Gasteiger partial charge is 0.384 e. The van der Waals surface area contributed by atoms with Crippen molar-refractivity contribution in [3.63, 3.8) is 0 Å². The number of hydrogen-bond acceptors (Lipinski definition) is 1. The molecule has 2 aromatic rings. The Bertz CT molecular complexity index is 554. The zero-order valence-corrected chi connectivity index (χ0v) is 12.4. The first kappa shape index (κ1) is 13.6. The van der Waals surface area contributed by atoms with Crippen molar-refractivity contribution in [3.05, 3.63) is 68.7 Å². The van der Waals surface area contributed by atoms with E-state index in [-0.39, 0.29) is 0 Å². The molecule has 0 heterocycles. The van der Waals surface area contributed by atoms with Crippen molar-refractivity contribution >= 4 is 27.5 Å². The van der Waals surface area contributed by atoms with Gasteiger partial charge in [0.05, 0.1) is 5.02 Å². The SMILES string of the molecule is CCc1cccc(C(O)c2ccc(Cl)c(Br)c2)c1. The molecule has 0 aromatic heterocycles. The number of aryl methyl sites for hydroxylation is 1. The van der Waals surface area contributed by atoms with Gasteiger partial charge in [-0.25, -0.2) is 0 Å². The summed E-state index contributed by atoms with van der Waals surface area (Å²) in [7, 11) is 0. The van der Waals surface area contributed by atoms with E-state index in [4.69, 9.17) is 11.6 Å². The first-order chi connectivity index (χ1) is 8.61. The van der Waals surface area contributed by atoms with Crippen molar-refractivity contribution < 1.29 is 5.11 Å². The Balaban J connectivity index is 2.34. The molecule has 1 nitrogen and oxygen atoms in total. The second kappa shape index (κ2) is 5.87. The highest BCUT2D eigenvalue weighted by Crippen LogP contribution is 2.29. The zero-order chi connectivity index (χ0) is 13.1. The molecular formula is C15H14BrClO. The number of aliphatic hydroxyl groups is 1. The molecular weight excluding hydrogens is 312 g/mol. The van der Waals surface area contributed by atoms with Gasteiger partial charge in [0.25, 0.3) is 0 Å². The number of hydrogen-bond donors (Lipinski definition) is 1. The summed E-state index contributed by atoms with van der Waals surface area (Å²) in [5.41, 5.74) is 2.96. The average Bonchev–Trinajstić information content (AvgIpc) is 2.41. The van der Waals surface area contributed by atoms with Gasteiger partial charge in [0, 0.05) is 4.47 Å². The van der Waals surface area contributed by atoms with Crippen molar-refractivity contribution in [1.82, 2.24) is 0 Å². The van der Waals surface area contributed by atoms with E-state index >= 15 is 0 Å². The minimum atomic E-state index is -0.620. The maximum absolute atomic E-state index is 10.4. The summed E-state index contributed by atoms with van der Waals surface area (Å²) in [6.07, 6.45) is 0.343. The molecule has 0 aliphatic heterocycles. The van der Waals surface area contributed by atoms with E-state index in [2.05, 4.69) is 28.9 Å². The molecule has 2 rings (SSSR count). The molecule has 1 unspecified atom stereocenters. The highest BCUT2D eigenvalue weighted by atomic mass is 79.9. The molecule has 0 radical (unpaired) electrons. The molecule has 0 aliphatic rings. The number of halogens is 2. The molecule has 1 N–H and O–H groups in total. The Morgan fingerprint density at radius 3 is 2.56 bits per heavy atom. The van der Waals surface area contributed by atoms with Gasteiger partial charge in [0.2, 0.25) is 0 Å². The lowest BCUT2D eigenvalue weighted by molar-refractivity contribution is 0.220. The van der Waals surface area contributed by atoms with Crippen LogP contribution in [0.2, 0.25) is 5.02 Å². The van der Waals surface area contributed by atoms with E-state index in [9.17, 15) is 5.11 Å². The van der Waals surface area contributed by atoms with Crippen molar-refractivity contribution in [1.29, 1.82) is 0 Å². The number of aliphatic hydroxyl groups excluding tert-OH is 1. The Kier molecular flexibility index (Phi) is 4.44. The quantitative estimate of drug-likeness (QED) is 0.863. The smallest absolute Gasteiger partial charge is 0.104 e. The van der Waals surface area contributed by atoms with Crippen LogP contribution < -0.4 is 0 Å². The van der Waals surface area contributed by atoms with Gasteiger partial charge < -0.3 is 5.11 Å². The number of rotatable bonds is 3. The normalized spacial score (nSPS) is 12.4. The molecule has 2 aromatic carbocycles. The van der Waals surface area contributed by atoms with Crippen LogP contribution in [0.25, 0.3) is 0 Å². The van der Waals surface area contributed by atoms with Crippen molar-refractivity contribution in [2.75, 3.05) is 0 Å². The summed E-state index contributed by atoms with van der Waals surface area (Å²) < 4.78 is 0.798. The summed E-state index contributed by atoms with van der Waals surface area (Å²) in [6.45, 7) is 2.10. The maximum Gasteiger partial charge on any atom is 0.104 e. The summed E-state index contributed by atoms with van der Waals surface area (Å²) in [5.74, 6) is 0. The van der Waals surface area contributed by atoms with Crippen LogP contribution in [-0.4, -0.2) is 5.11 Å². The Morgan fingerprint density at radius 1 is 1.17 bits per heavy atom. The lowest BCUT2D eigenvalue weighted by Gasteiger charge is -2.13. The van der Waals surface area contributed by atoms with Gasteiger partial charge in [-0.05, 0) is 51.2 Å². The minimum absolute atomic E-state index is 0.620. The van der Waals surface area contributed by atoms with Gasteiger partial charge in [0.1, 0.15) is 6.10 Å². The molecule has 0 saturated carbocycles. The van der Waals surface area contributed by atoms with Crippen LogP contribution >= 0.6 is 27.5 Å². The molecule has 0 saturated heterocycles. The highest BCUT2D eigenvalue weighted by Gasteiger charge is 2.12. The molecule has 1 atom stereocenters. The first-order valence-corrected chi connectivity index (χ1v) is 7.00. The predicted molar refractivity (Wildman–Crippen MR) is 79.0 cm³/mol. The van der Waals surface area contributed by atoms with Gasteiger partial charge in [0.15, 0.2) is 0 Å². The van der Waals surface area contributed by atoms with E-state index in [0.717, 1.165) is 22.0 Å². The summed E-state index contributed by atoms with van der Waals surface area (Å²) in [4.78, 5) is 0. The third-order valence-electron chi connectivity index (χ3n) is 2.93. The summed E-state index contributed by atoms with van der Waals surface area (Å²) in [6, 6.07) is 13.5. The molecule has 0 aliphatic carbocycles. The maximum atomic E-state index is 10.4. The average molecular weight is 326 g/mol. The molecule has 0 spiro atoms. The second-order valence-corrected chi connectivity index (χ2v) is 5.44. The molecule has 0 fully saturated rings. The Hall–Kier alpha value is -0.830. The van der Waals surface area contributed by atoms with Gasteiger partial charge in [-0.1, -0.05) is 48.9 Å². The summed E-state index contributed by atoms with van der Waals surface area (Å²) >= 11 is 9.32. The van der Waals surface area contributed by atoms with E-state index < -0.39 is 6.10 Å². The van der Waals surface area contributed by atoms with Gasteiger partial charge in [-0.15, -0.1) is 0 Å². The van der Waals surface area contributed by atoms with E-state index in [1.54, 1.807) is 6.07 Å². The van der Waals surface area contributed by atoms with Gasteiger partial charge >= 0.3 is 0 Å². The van der Waals surface area contributed by atoms with Gasteiger partial charge in [-0.2, -0.15) is 0 Å². The number of benzene rings is 2. The standard InChI is InChI=1S/C15H14BrClO/c1-2-10-4-3-5-11(8-10)15(18)12-6-7-14(17)13(16)9-12/h3-9,15,18H,2H2,1H3. The van der Waals surface area contributed by atoms with Crippen LogP contribution in [-0.2, 0) is 6.42 Å². The second-order valence-electron chi connectivity index (χ2n) is 4.17. The van der Waals surface area contributed by atoms with Crippen LogP contribution in [0.3, 0.4) is 0 Å². The third kappa shape index (κ3) is 2.94. The van der Waals surface area contributed by atoms with Gasteiger partial charge in [-0.3, -0.25) is 0 Å². The minimum Gasteiger partial charge on any atom is -0.384 e. The third-order valence-corrected chi connectivity index (χ3v) is 4.15. The van der Waals surface area contributed by atoms with Crippen LogP contribution in [0, 0.1) is 0 Å². The molecule has 0 bridgehead atoms. The van der Waals surface area contributed by atoms with Crippen molar-refractivity contribution in [3.8, 4) is 0 Å². The Labute approximate surface area is 121 Å². The predicted octanol–water partition coefficient (Wildman–Crippen LogP) is 4.75. The highest BCUT2D eigenvalue weighted by molar-refractivity contribution is 9.10. The lowest BCUT2D eigenvalue weighted by Crippen LogP contribution is -2.00. The molecule has 3 heteroatoms. The fraction of sp³-hybridized carbons (Fsp3) is 0.200. The van der Waals surface area contributed by atoms with Crippen molar-refractivity contribution in [2.45, 2.75) is 19.4 Å². The van der Waals surface area contributed by atoms with Crippen molar-refractivity contribution in [2.24, 2.45) is 0 Å².